The highest BCUT2D eigenvalue weighted by Crippen LogP contribution is 2.20. The molecule has 3 heterocycles. The van der Waals surface area contributed by atoms with Crippen molar-refractivity contribution in [3.05, 3.63) is 53.2 Å². The number of ether oxygens (including phenoxy) is 1. The third kappa shape index (κ3) is 4.26. The molecule has 1 saturated heterocycles. The summed E-state index contributed by atoms with van der Waals surface area (Å²) < 4.78 is 10.8. The predicted octanol–water partition coefficient (Wildman–Crippen LogP) is 3.00. The third-order valence-corrected chi connectivity index (χ3v) is 4.32. The highest BCUT2D eigenvalue weighted by molar-refractivity contribution is 5.91. The molecule has 0 unspecified atom stereocenters. The average Bonchev–Trinajstić information content (AvgIpc) is 3.05. The smallest absolute Gasteiger partial charge is 0.339 e. The van der Waals surface area contributed by atoms with Gasteiger partial charge in [-0.25, -0.2) is 4.79 Å². The van der Waals surface area contributed by atoms with Gasteiger partial charge in [-0.3, -0.25) is 9.78 Å². The second-order valence-corrected chi connectivity index (χ2v) is 6.52. The molecule has 0 bridgehead atoms. The van der Waals surface area contributed by atoms with Crippen LogP contribution in [0.1, 0.15) is 45.1 Å². The van der Waals surface area contributed by atoms with E-state index in [1.54, 1.807) is 29.3 Å². The lowest BCUT2D eigenvalue weighted by atomic mass is 9.98. The number of aryl methyl sites for hydroxylation is 2. The van der Waals surface area contributed by atoms with Crippen LogP contribution in [0.2, 0.25) is 0 Å². The molecule has 2 aromatic rings. The van der Waals surface area contributed by atoms with E-state index in [0.717, 1.165) is 24.2 Å². The van der Waals surface area contributed by atoms with Gasteiger partial charge < -0.3 is 14.1 Å². The van der Waals surface area contributed by atoms with Crippen molar-refractivity contribution in [2.24, 2.45) is 5.92 Å². The monoisotopic (exact) mass is 342 g/mol. The Labute approximate surface area is 146 Å². The minimum Gasteiger partial charge on any atom is -0.462 e. The summed E-state index contributed by atoms with van der Waals surface area (Å²) in [5.41, 5.74) is 1.37. The van der Waals surface area contributed by atoms with E-state index in [-0.39, 0.29) is 17.8 Å². The van der Waals surface area contributed by atoms with Crippen molar-refractivity contribution >= 4 is 11.9 Å². The van der Waals surface area contributed by atoms with Gasteiger partial charge in [0.15, 0.2) is 5.76 Å². The number of rotatable bonds is 4. The molecule has 0 N–H and O–H groups in total. The molecular weight excluding hydrogens is 320 g/mol. The van der Waals surface area contributed by atoms with Crippen LogP contribution < -0.4 is 0 Å². The van der Waals surface area contributed by atoms with Gasteiger partial charge in [0.25, 0.3) is 5.91 Å². The summed E-state index contributed by atoms with van der Waals surface area (Å²) in [7, 11) is 0. The number of aromatic nitrogens is 1. The van der Waals surface area contributed by atoms with E-state index in [4.69, 9.17) is 9.15 Å². The van der Waals surface area contributed by atoms with Crippen LogP contribution in [0.25, 0.3) is 0 Å². The Morgan fingerprint density at radius 1 is 1.32 bits per heavy atom. The van der Waals surface area contributed by atoms with E-state index >= 15 is 0 Å². The molecule has 2 aromatic heterocycles. The van der Waals surface area contributed by atoms with Gasteiger partial charge in [-0.1, -0.05) is 0 Å². The van der Waals surface area contributed by atoms with Crippen LogP contribution in [-0.2, 0) is 4.74 Å². The average molecular weight is 342 g/mol. The first-order chi connectivity index (χ1) is 12.0. The minimum absolute atomic E-state index is 0.105. The Morgan fingerprint density at radius 2 is 2.16 bits per heavy atom. The molecule has 0 aromatic carbocycles. The van der Waals surface area contributed by atoms with Gasteiger partial charge in [-0.15, -0.1) is 0 Å². The molecule has 1 fully saturated rings. The maximum atomic E-state index is 12.5. The lowest BCUT2D eigenvalue weighted by Crippen LogP contribution is -2.41. The maximum absolute atomic E-state index is 12.5. The lowest BCUT2D eigenvalue weighted by Gasteiger charge is -2.31. The Bertz CT molecular complexity index is 768. The van der Waals surface area contributed by atoms with Crippen LogP contribution >= 0.6 is 0 Å². The molecule has 1 aliphatic heterocycles. The molecule has 0 saturated carbocycles. The Morgan fingerprint density at radius 3 is 2.88 bits per heavy atom. The van der Waals surface area contributed by atoms with Crippen molar-refractivity contribution in [1.29, 1.82) is 0 Å². The van der Waals surface area contributed by atoms with Gasteiger partial charge in [0.1, 0.15) is 5.76 Å². The van der Waals surface area contributed by atoms with Crippen molar-refractivity contribution in [2.75, 3.05) is 19.7 Å². The van der Waals surface area contributed by atoms with Crippen molar-refractivity contribution in [1.82, 2.24) is 9.88 Å². The number of hydrogen-bond donors (Lipinski definition) is 0. The first-order valence-corrected chi connectivity index (χ1v) is 8.47. The predicted molar refractivity (Wildman–Crippen MR) is 91.3 cm³/mol. The molecule has 6 heteroatoms. The third-order valence-electron chi connectivity index (χ3n) is 4.32. The Balaban J connectivity index is 1.55. The number of hydrogen-bond acceptors (Lipinski definition) is 5. The summed E-state index contributed by atoms with van der Waals surface area (Å²) >= 11 is 0. The summed E-state index contributed by atoms with van der Waals surface area (Å²) in [6.45, 7) is 5.26. The van der Waals surface area contributed by atoms with E-state index in [1.807, 2.05) is 13.8 Å². The standard InChI is InChI=1S/C19H22N2O4/c1-13-8-16(10-20-9-13)19(23)24-12-15-4-3-7-21(11-15)18(22)17-6-5-14(2)25-17/h5-6,8-10,15H,3-4,7,11-12H2,1-2H3/t15-/m0/s1. The number of amides is 1. The minimum atomic E-state index is -0.374. The van der Waals surface area contributed by atoms with E-state index in [0.29, 0.717) is 31.0 Å². The topological polar surface area (TPSA) is 72.6 Å². The second-order valence-electron chi connectivity index (χ2n) is 6.52. The van der Waals surface area contributed by atoms with Gasteiger partial charge in [0, 0.05) is 31.4 Å². The summed E-state index contributed by atoms with van der Waals surface area (Å²) in [6.07, 6.45) is 5.02. The summed E-state index contributed by atoms with van der Waals surface area (Å²) in [6, 6.07) is 5.24. The quantitative estimate of drug-likeness (QED) is 0.799. The molecular formula is C19H22N2O4. The van der Waals surface area contributed by atoms with Crippen LogP contribution in [0.15, 0.2) is 35.0 Å². The zero-order chi connectivity index (χ0) is 17.8. The normalized spacial score (nSPS) is 17.4. The lowest BCUT2D eigenvalue weighted by molar-refractivity contribution is 0.0335. The highest BCUT2D eigenvalue weighted by Gasteiger charge is 2.27. The molecule has 132 valence electrons. The van der Waals surface area contributed by atoms with Crippen molar-refractivity contribution < 1.29 is 18.7 Å². The Kier molecular flexibility index (Phi) is 5.16. The van der Waals surface area contributed by atoms with Crippen molar-refractivity contribution in [3.8, 4) is 0 Å². The number of carbonyl (C=O) groups excluding carboxylic acids is 2. The number of esters is 1. The molecule has 3 rings (SSSR count). The van der Waals surface area contributed by atoms with E-state index in [9.17, 15) is 9.59 Å². The molecule has 6 nitrogen and oxygen atoms in total. The molecule has 1 atom stereocenters. The fourth-order valence-electron chi connectivity index (χ4n) is 3.03. The van der Waals surface area contributed by atoms with Crippen molar-refractivity contribution in [2.45, 2.75) is 26.7 Å². The van der Waals surface area contributed by atoms with Gasteiger partial charge in [0.2, 0.25) is 0 Å². The largest absolute Gasteiger partial charge is 0.462 e. The molecule has 25 heavy (non-hydrogen) atoms. The molecule has 0 aliphatic carbocycles. The zero-order valence-electron chi connectivity index (χ0n) is 14.5. The summed E-state index contributed by atoms with van der Waals surface area (Å²) in [4.78, 5) is 30.4. The van der Waals surface area contributed by atoms with E-state index in [1.165, 1.54) is 6.20 Å². The van der Waals surface area contributed by atoms with E-state index in [2.05, 4.69) is 4.98 Å². The summed E-state index contributed by atoms with van der Waals surface area (Å²) in [5.74, 6) is 0.738. The number of furan rings is 1. The van der Waals surface area contributed by atoms with Crippen LogP contribution in [0, 0.1) is 19.8 Å². The van der Waals surface area contributed by atoms with Gasteiger partial charge in [-0.2, -0.15) is 0 Å². The first-order valence-electron chi connectivity index (χ1n) is 8.47. The summed E-state index contributed by atoms with van der Waals surface area (Å²) in [5, 5.41) is 0. The number of carbonyl (C=O) groups is 2. The zero-order valence-corrected chi connectivity index (χ0v) is 14.5. The van der Waals surface area contributed by atoms with Crippen LogP contribution in [0.4, 0.5) is 0 Å². The molecule has 1 amide bonds. The maximum Gasteiger partial charge on any atom is 0.339 e. The van der Waals surface area contributed by atoms with Gasteiger partial charge in [0.05, 0.1) is 12.2 Å². The number of likely N-dealkylation sites (tertiary alicyclic amines) is 1. The molecule has 0 spiro atoms. The molecule has 0 radical (unpaired) electrons. The number of piperidine rings is 1. The Hall–Kier alpha value is -2.63. The fraction of sp³-hybridized carbons (Fsp3) is 0.421. The van der Waals surface area contributed by atoms with Crippen molar-refractivity contribution in [3.63, 3.8) is 0 Å². The van der Waals surface area contributed by atoms with Gasteiger partial charge in [-0.05, 0) is 50.5 Å². The number of pyridine rings is 1. The SMILES string of the molecule is Cc1cncc(C(=O)OC[C@H]2CCCN(C(=O)c3ccc(C)o3)C2)c1. The second kappa shape index (κ2) is 7.51. The van der Waals surface area contributed by atoms with Crippen LogP contribution in [0.5, 0.6) is 0 Å². The van der Waals surface area contributed by atoms with Crippen LogP contribution in [-0.4, -0.2) is 41.5 Å². The van der Waals surface area contributed by atoms with Gasteiger partial charge >= 0.3 is 5.97 Å². The first kappa shape index (κ1) is 17.2. The fourth-order valence-corrected chi connectivity index (χ4v) is 3.03. The van der Waals surface area contributed by atoms with E-state index < -0.39 is 0 Å². The highest BCUT2D eigenvalue weighted by atomic mass is 16.5. The number of nitrogens with zero attached hydrogens (tertiary/aromatic N) is 2. The van der Waals surface area contributed by atoms with Crippen LogP contribution in [0.3, 0.4) is 0 Å². The molecule has 1 aliphatic rings.